The number of hydrazone groups is 1. The Hall–Kier alpha value is -2.32. The van der Waals surface area contributed by atoms with Crippen LogP contribution in [0.25, 0.3) is 0 Å². The van der Waals surface area contributed by atoms with Crippen LogP contribution in [0.3, 0.4) is 0 Å². The van der Waals surface area contributed by atoms with Gasteiger partial charge in [-0.3, -0.25) is 15.6 Å². The zero-order chi connectivity index (χ0) is 13.7. The summed E-state index contributed by atoms with van der Waals surface area (Å²) in [5.74, 6) is 4.22. The molecule has 0 saturated carbocycles. The quantitative estimate of drug-likeness (QED) is 0.341. The average Bonchev–Trinajstić information content (AvgIpc) is 2.89. The number of nitrogen functional groups attached to an aromatic ring is 1. The molecule has 0 aliphatic heterocycles. The van der Waals surface area contributed by atoms with Gasteiger partial charge in [0.1, 0.15) is 11.5 Å². The van der Waals surface area contributed by atoms with Crippen LogP contribution in [0.1, 0.15) is 16.1 Å². The molecule has 0 aliphatic rings. The summed E-state index contributed by atoms with van der Waals surface area (Å²) in [6.07, 6.45) is 1.52. The summed E-state index contributed by atoms with van der Waals surface area (Å²) in [6.45, 7) is 0. The van der Waals surface area contributed by atoms with Crippen LogP contribution in [0, 0.1) is 5.82 Å². The first kappa shape index (κ1) is 13.1. The van der Waals surface area contributed by atoms with Gasteiger partial charge in [0.2, 0.25) is 5.13 Å². The van der Waals surface area contributed by atoms with Gasteiger partial charge in [-0.05, 0) is 17.7 Å². The third kappa shape index (κ3) is 3.57. The Kier molecular flexibility index (Phi) is 4.16. The molecule has 8 heteroatoms. The minimum Gasteiger partial charge on any atom is -0.289 e. The molecule has 0 saturated heterocycles. The fourth-order valence-corrected chi connectivity index (χ4v) is 1.85. The summed E-state index contributed by atoms with van der Waals surface area (Å²) in [6, 6.07) is 5.87. The van der Waals surface area contributed by atoms with Crippen molar-refractivity contribution in [1.82, 2.24) is 10.4 Å². The molecular weight excluding hydrogens is 269 g/mol. The van der Waals surface area contributed by atoms with Gasteiger partial charge in [-0.2, -0.15) is 5.10 Å². The van der Waals surface area contributed by atoms with Gasteiger partial charge in [-0.15, -0.1) is 11.3 Å². The molecule has 1 aromatic carbocycles. The van der Waals surface area contributed by atoms with E-state index in [1.807, 2.05) is 5.43 Å². The van der Waals surface area contributed by atoms with Gasteiger partial charge < -0.3 is 0 Å². The van der Waals surface area contributed by atoms with Crippen molar-refractivity contribution in [2.24, 2.45) is 10.9 Å². The number of nitrogens with two attached hydrogens (primary N) is 1. The normalized spacial score (nSPS) is 10.6. The van der Waals surface area contributed by atoms with Crippen LogP contribution in [0.15, 0.2) is 34.7 Å². The van der Waals surface area contributed by atoms with Crippen LogP contribution in [0.5, 0.6) is 0 Å². The zero-order valence-electron chi connectivity index (χ0n) is 9.63. The number of carbonyl (C=O) groups excluding carboxylic acids is 1. The molecule has 0 unspecified atom stereocenters. The van der Waals surface area contributed by atoms with Crippen molar-refractivity contribution in [2.75, 3.05) is 5.43 Å². The van der Waals surface area contributed by atoms with E-state index in [4.69, 9.17) is 5.84 Å². The minimum absolute atomic E-state index is 0.215. The van der Waals surface area contributed by atoms with Crippen LogP contribution in [0.4, 0.5) is 9.52 Å². The Balaban J connectivity index is 1.96. The Morgan fingerprint density at radius 2 is 2.16 bits per heavy atom. The van der Waals surface area contributed by atoms with Crippen molar-refractivity contribution in [1.29, 1.82) is 0 Å². The molecule has 1 amide bonds. The van der Waals surface area contributed by atoms with Gasteiger partial charge in [0.05, 0.1) is 6.21 Å². The van der Waals surface area contributed by atoms with E-state index in [0.29, 0.717) is 5.13 Å². The molecule has 4 N–H and O–H groups in total. The fourth-order valence-electron chi connectivity index (χ4n) is 1.21. The lowest BCUT2D eigenvalue weighted by Gasteiger charge is -1.95. The van der Waals surface area contributed by atoms with Gasteiger partial charge in [-0.25, -0.2) is 15.2 Å². The van der Waals surface area contributed by atoms with Gasteiger partial charge in [0.15, 0.2) is 0 Å². The number of benzene rings is 1. The number of hydrogen-bond acceptors (Lipinski definition) is 6. The first-order valence-electron chi connectivity index (χ1n) is 5.20. The van der Waals surface area contributed by atoms with Gasteiger partial charge >= 0.3 is 0 Å². The maximum absolute atomic E-state index is 12.7. The highest BCUT2D eigenvalue weighted by molar-refractivity contribution is 7.13. The summed E-state index contributed by atoms with van der Waals surface area (Å²) in [4.78, 5) is 15.1. The van der Waals surface area contributed by atoms with Crippen molar-refractivity contribution >= 4 is 28.6 Å². The largest absolute Gasteiger partial charge is 0.289 e. The molecular formula is C11H10FN5OS. The smallest absolute Gasteiger partial charge is 0.284 e. The standard InChI is InChI=1S/C11H10FN5OS/c12-8-3-1-7(2-4-8)5-14-17-11-15-9(6-19-11)10(18)16-13/h1-6H,13H2,(H,15,17)(H,16,18)/b14-5-. The molecule has 98 valence electrons. The molecule has 0 radical (unpaired) electrons. The van der Waals surface area contributed by atoms with Crippen molar-refractivity contribution in [3.63, 3.8) is 0 Å². The van der Waals surface area contributed by atoms with E-state index >= 15 is 0 Å². The number of nitrogens with zero attached hydrogens (tertiary/aromatic N) is 2. The number of nitrogens with one attached hydrogen (secondary N) is 2. The second-order valence-corrected chi connectivity index (χ2v) is 4.29. The summed E-state index contributed by atoms with van der Waals surface area (Å²) in [5, 5.41) is 5.94. The highest BCUT2D eigenvalue weighted by atomic mass is 32.1. The number of halogens is 1. The Morgan fingerprint density at radius 3 is 2.84 bits per heavy atom. The molecule has 0 aliphatic carbocycles. The topological polar surface area (TPSA) is 92.4 Å². The van der Waals surface area contributed by atoms with Gasteiger partial charge in [0.25, 0.3) is 5.91 Å². The van der Waals surface area contributed by atoms with E-state index < -0.39 is 5.91 Å². The van der Waals surface area contributed by atoms with Crippen LogP contribution < -0.4 is 16.7 Å². The molecule has 0 fully saturated rings. The van der Waals surface area contributed by atoms with Crippen LogP contribution >= 0.6 is 11.3 Å². The maximum atomic E-state index is 12.7. The number of amides is 1. The predicted molar refractivity (Wildman–Crippen MR) is 71.4 cm³/mol. The van der Waals surface area contributed by atoms with E-state index in [1.54, 1.807) is 17.5 Å². The average molecular weight is 279 g/mol. The maximum Gasteiger partial charge on any atom is 0.284 e. The summed E-state index contributed by atoms with van der Waals surface area (Å²) in [5.41, 5.74) is 5.61. The Bertz CT molecular complexity index is 595. The van der Waals surface area contributed by atoms with E-state index in [2.05, 4.69) is 15.5 Å². The number of anilines is 1. The Labute approximate surface area is 112 Å². The molecule has 0 spiro atoms. The predicted octanol–water partition coefficient (Wildman–Crippen LogP) is 1.33. The van der Waals surface area contributed by atoms with Gasteiger partial charge in [0, 0.05) is 5.38 Å². The lowest BCUT2D eigenvalue weighted by atomic mass is 10.2. The lowest BCUT2D eigenvalue weighted by Crippen LogP contribution is -2.30. The van der Waals surface area contributed by atoms with Gasteiger partial charge in [-0.1, -0.05) is 12.1 Å². The first-order chi connectivity index (χ1) is 9.19. The zero-order valence-corrected chi connectivity index (χ0v) is 10.4. The van der Waals surface area contributed by atoms with Crippen molar-refractivity contribution in [3.05, 3.63) is 46.7 Å². The Morgan fingerprint density at radius 1 is 1.42 bits per heavy atom. The molecule has 0 bridgehead atoms. The van der Waals surface area contributed by atoms with E-state index in [1.165, 1.54) is 29.7 Å². The molecule has 6 nitrogen and oxygen atoms in total. The van der Waals surface area contributed by atoms with Crippen molar-refractivity contribution < 1.29 is 9.18 Å². The van der Waals surface area contributed by atoms with Crippen LogP contribution in [-0.4, -0.2) is 17.1 Å². The highest BCUT2D eigenvalue weighted by Crippen LogP contribution is 2.14. The minimum atomic E-state index is -0.466. The molecule has 0 atom stereocenters. The monoisotopic (exact) mass is 279 g/mol. The number of hydrogen-bond donors (Lipinski definition) is 3. The van der Waals surface area contributed by atoms with Crippen LogP contribution in [0.2, 0.25) is 0 Å². The molecule has 1 aromatic heterocycles. The number of aromatic nitrogens is 1. The first-order valence-corrected chi connectivity index (χ1v) is 6.08. The van der Waals surface area contributed by atoms with Crippen molar-refractivity contribution in [2.45, 2.75) is 0 Å². The highest BCUT2D eigenvalue weighted by Gasteiger charge is 2.07. The number of rotatable bonds is 4. The molecule has 19 heavy (non-hydrogen) atoms. The SMILES string of the molecule is NNC(=O)c1csc(N/N=C\c2ccc(F)cc2)n1. The van der Waals surface area contributed by atoms with E-state index in [0.717, 1.165) is 5.56 Å². The second kappa shape index (κ2) is 6.03. The van der Waals surface area contributed by atoms with E-state index in [9.17, 15) is 9.18 Å². The number of thiazole rings is 1. The number of hydrazine groups is 1. The summed E-state index contributed by atoms with van der Waals surface area (Å²) in [7, 11) is 0. The second-order valence-electron chi connectivity index (χ2n) is 3.43. The van der Waals surface area contributed by atoms with Crippen molar-refractivity contribution in [3.8, 4) is 0 Å². The molecule has 2 rings (SSSR count). The summed E-state index contributed by atoms with van der Waals surface area (Å²) < 4.78 is 12.7. The molecule has 2 aromatic rings. The third-order valence-electron chi connectivity index (χ3n) is 2.11. The van der Waals surface area contributed by atoms with E-state index in [-0.39, 0.29) is 11.5 Å². The fraction of sp³-hybridized carbons (Fsp3) is 0. The number of carbonyl (C=O) groups is 1. The molecule has 1 heterocycles. The third-order valence-corrected chi connectivity index (χ3v) is 2.86. The van der Waals surface area contributed by atoms with Crippen LogP contribution in [-0.2, 0) is 0 Å². The summed E-state index contributed by atoms with van der Waals surface area (Å²) >= 11 is 1.22. The lowest BCUT2D eigenvalue weighted by molar-refractivity contribution is 0.0949.